The van der Waals surface area contributed by atoms with E-state index >= 15 is 0 Å². The average molecular weight is 226 g/mol. The van der Waals surface area contributed by atoms with Crippen LogP contribution in [0.4, 0.5) is 5.82 Å². The zero-order valence-corrected chi connectivity index (χ0v) is 9.67. The Kier molecular flexibility index (Phi) is 3.41. The highest BCUT2D eigenvalue weighted by Crippen LogP contribution is 2.32. The van der Waals surface area contributed by atoms with E-state index in [0.717, 1.165) is 18.1 Å². The lowest BCUT2D eigenvalue weighted by Crippen LogP contribution is -2.28. The summed E-state index contributed by atoms with van der Waals surface area (Å²) in [6.45, 7) is 2.73. The first-order valence-corrected chi connectivity index (χ1v) is 5.86. The van der Waals surface area contributed by atoms with Crippen molar-refractivity contribution in [1.82, 2.24) is 9.97 Å². The monoisotopic (exact) mass is 225 g/mol. The van der Waals surface area contributed by atoms with E-state index in [4.69, 9.17) is 11.6 Å². The summed E-state index contributed by atoms with van der Waals surface area (Å²) in [7, 11) is 0. The van der Waals surface area contributed by atoms with Gasteiger partial charge >= 0.3 is 0 Å². The molecule has 1 aliphatic carbocycles. The maximum Gasteiger partial charge on any atom is 0.147 e. The minimum atomic E-state index is 0.222. The van der Waals surface area contributed by atoms with Gasteiger partial charge in [0.05, 0.1) is 11.1 Å². The van der Waals surface area contributed by atoms with E-state index in [2.05, 4.69) is 15.3 Å². The third-order valence-corrected chi connectivity index (χ3v) is 3.52. The Balaban J connectivity index is 1.84. The lowest BCUT2D eigenvalue weighted by molar-refractivity contribution is 0.308. The van der Waals surface area contributed by atoms with Gasteiger partial charge in [-0.3, -0.25) is 4.98 Å². The third-order valence-electron chi connectivity index (χ3n) is 3.01. The second-order valence-corrected chi connectivity index (χ2v) is 4.64. The smallest absolute Gasteiger partial charge is 0.147 e. The van der Waals surface area contributed by atoms with Gasteiger partial charge in [-0.15, -0.1) is 11.6 Å². The second-order valence-electron chi connectivity index (χ2n) is 4.08. The summed E-state index contributed by atoms with van der Waals surface area (Å²) in [6, 6.07) is 0. The highest BCUT2D eigenvalue weighted by molar-refractivity contribution is 6.21. The quantitative estimate of drug-likeness (QED) is 0.801. The van der Waals surface area contributed by atoms with Crippen molar-refractivity contribution in [2.45, 2.75) is 31.6 Å². The van der Waals surface area contributed by atoms with Crippen molar-refractivity contribution in [1.29, 1.82) is 0 Å². The maximum atomic E-state index is 6.27. The molecule has 1 aromatic rings. The maximum absolute atomic E-state index is 6.27. The topological polar surface area (TPSA) is 37.8 Å². The van der Waals surface area contributed by atoms with E-state index in [0.29, 0.717) is 5.92 Å². The van der Waals surface area contributed by atoms with Gasteiger partial charge < -0.3 is 5.32 Å². The van der Waals surface area contributed by atoms with Crippen LogP contribution in [0.25, 0.3) is 0 Å². The molecule has 1 fully saturated rings. The molecular weight excluding hydrogens is 210 g/mol. The molecule has 1 aliphatic rings. The molecule has 1 saturated carbocycles. The number of nitrogens with one attached hydrogen (secondary N) is 1. The Labute approximate surface area is 95.3 Å². The average Bonchev–Trinajstić information content (AvgIpc) is 2.14. The molecule has 3 nitrogen and oxygen atoms in total. The van der Waals surface area contributed by atoms with Gasteiger partial charge in [0.15, 0.2) is 0 Å². The number of hydrogen-bond donors (Lipinski definition) is 1. The van der Waals surface area contributed by atoms with Gasteiger partial charge in [-0.2, -0.15) is 0 Å². The Hall–Kier alpha value is -0.830. The lowest BCUT2D eigenvalue weighted by atomic mass is 9.82. The van der Waals surface area contributed by atoms with E-state index in [9.17, 15) is 0 Å². The first kappa shape index (κ1) is 10.7. The van der Waals surface area contributed by atoms with Crippen molar-refractivity contribution in [3.63, 3.8) is 0 Å². The van der Waals surface area contributed by atoms with Crippen LogP contribution in [0.15, 0.2) is 12.4 Å². The largest absolute Gasteiger partial charge is 0.367 e. The van der Waals surface area contributed by atoms with Gasteiger partial charge in [0.25, 0.3) is 0 Å². The van der Waals surface area contributed by atoms with Crippen molar-refractivity contribution in [2.75, 3.05) is 11.9 Å². The van der Waals surface area contributed by atoms with Crippen molar-refractivity contribution >= 4 is 17.4 Å². The van der Waals surface area contributed by atoms with Crippen LogP contribution in [0.2, 0.25) is 0 Å². The molecule has 0 spiro atoms. The fourth-order valence-electron chi connectivity index (χ4n) is 1.74. The Bertz CT molecular complexity index is 325. The van der Waals surface area contributed by atoms with Crippen molar-refractivity contribution in [3.05, 3.63) is 18.1 Å². The summed E-state index contributed by atoms with van der Waals surface area (Å²) in [5.74, 6) is 1.54. The molecule has 0 aromatic carbocycles. The van der Waals surface area contributed by atoms with Crippen LogP contribution in [0.1, 0.15) is 25.0 Å². The number of anilines is 1. The normalized spacial score (nSPS) is 18.3. The predicted octanol–water partition coefficient (Wildman–Crippen LogP) is 2.60. The molecule has 15 heavy (non-hydrogen) atoms. The molecule has 0 saturated heterocycles. The van der Waals surface area contributed by atoms with Crippen LogP contribution in [-0.2, 0) is 0 Å². The molecule has 1 aromatic heterocycles. The van der Waals surface area contributed by atoms with Crippen molar-refractivity contribution < 1.29 is 0 Å². The second kappa shape index (κ2) is 4.79. The molecule has 4 heteroatoms. The molecule has 0 aliphatic heterocycles. The Morgan fingerprint density at radius 3 is 2.80 bits per heavy atom. The first-order valence-electron chi connectivity index (χ1n) is 5.43. The highest BCUT2D eigenvalue weighted by atomic mass is 35.5. The molecular formula is C11H16ClN3. The molecule has 1 atom stereocenters. The minimum absolute atomic E-state index is 0.222. The fourth-order valence-corrected chi connectivity index (χ4v) is 2.07. The fraction of sp³-hybridized carbons (Fsp3) is 0.636. The van der Waals surface area contributed by atoms with E-state index in [1.54, 1.807) is 12.4 Å². The number of halogens is 1. The van der Waals surface area contributed by atoms with E-state index in [1.807, 2.05) is 6.92 Å². The number of aryl methyl sites for hydroxylation is 1. The first-order chi connectivity index (χ1) is 7.27. The van der Waals surface area contributed by atoms with Crippen LogP contribution in [0.3, 0.4) is 0 Å². The Morgan fingerprint density at radius 1 is 1.47 bits per heavy atom. The van der Waals surface area contributed by atoms with Crippen LogP contribution in [-0.4, -0.2) is 21.9 Å². The zero-order chi connectivity index (χ0) is 10.7. The molecule has 1 N–H and O–H groups in total. The summed E-state index contributed by atoms with van der Waals surface area (Å²) in [5, 5.41) is 3.48. The number of rotatable bonds is 4. The Morgan fingerprint density at radius 2 is 2.20 bits per heavy atom. The van der Waals surface area contributed by atoms with Gasteiger partial charge in [-0.25, -0.2) is 4.98 Å². The number of aromatic nitrogens is 2. The van der Waals surface area contributed by atoms with Gasteiger partial charge in [0.2, 0.25) is 0 Å². The van der Waals surface area contributed by atoms with Gasteiger partial charge in [0.1, 0.15) is 5.82 Å². The van der Waals surface area contributed by atoms with Gasteiger partial charge in [-0.1, -0.05) is 6.42 Å². The molecule has 1 heterocycles. The van der Waals surface area contributed by atoms with Crippen molar-refractivity contribution in [3.8, 4) is 0 Å². The van der Waals surface area contributed by atoms with Crippen LogP contribution < -0.4 is 5.32 Å². The van der Waals surface area contributed by atoms with E-state index in [-0.39, 0.29) is 5.38 Å². The zero-order valence-electron chi connectivity index (χ0n) is 8.91. The summed E-state index contributed by atoms with van der Waals surface area (Å²) in [5.41, 5.74) is 0.926. The highest BCUT2D eigenvalue weighted by Gasteiger charge is 2.25. The standard InChI is InChI=1S/C11H16ClN3/c1-8-11(14-6-5-13-8)15-7-10(12)9-3-2-4-9/h5-6,9-10H,2-4,7H2,1H3,(H,14,15). The number of nitrogens with zero attached hydrogens (tertiary/aromatic N) is 2. The van der Waals surface area contributed by atoms with Crippen LogP contribution in [0, 0.1) is 12.8 Å². The lowest BCUT2D eigenvalue weighted by Gasteiger charge is -2.30. The van der Waals surface area contributed by atoms with Crippen LogP contribution >= 0.6 is 11.6 Å². The molecule has 0 amide bonds. The third kappa shape index (κ3) is 2.59. The summed E-state index contributed by atoms with van der Waals surface area (Å²) in [6.07, 6.45) is 7.27. The number of hydrogen-bond acceptors (Lipinski definition) is 3. The SMILES string of the molecule is Cc1nccnc1NCC(Cl)C1CCC1. The predicted molar refractivity (Wildman–Crippen MR) is 62.2 cm³/mol. The van der Waals surface area contributed by atoms with E-state index < -0.39 is 0 Å². The minimum Gasteiger partial charge on any atom is -0.367 e. The summed E-state index contributed by atoms with van der Waals surface area (Å²) >= 11 is 6.27. The van der Waals surface area contributed by atoms with Gasteiger partial charge in [-0.05, 0) is 25.7 Å². The van der Waals surface area contributed by atoms with Gasteiger partial charge in [0, 0.05) is 18.9 Å². The number of alkyl halides is 1. The van der Waals surface area contributed by atoms with Crippen LogP contribution in [0.5, 0.6) is 0 Å². The molecule has 2 rings (SSSR count). The molecule has 0 radical (unpaired) electrons. The van der Waals surface area contributed by atoms with Crippen molar-refractivity contribution in [2.24, 2.45) is 5.92 Å². The summed E-state index contributed by atoms with van der Waals surface area (Å²) < 4.78 is 0. The molecule has 0 bridgehead atoms. The molecule has 1 unspecified atom stereocenters. The molecule has 82 valence electrons. The summed E-state index contributed by atoms with van der Waals surface area (Å²) in [4.78, 5) is 8.39. The van der Waals surface area contributed by atoms with E-state index in [1.165, 1.54) is 19.3 Å².